The normalized spacial score (nSPS) is 31.5. The minimum atomic E-state index is -0.453. The Hall–Kier alpha value is -0.810. The van der Waals surface area contributed by atoms with Crippen LogP contribution in [-0.2, 0) is 9.47 Å². The summed E-state index contributed by atoms with van der Waals surface area (Å²) in [7, 11) is 1.74. The molecule has 5 heteroatoms. The van der Waals surface area contributed by atoms with E-state index in [-0.39, 0.29) is 6.09 Å². The minimum Gasteiger partial charge on any atom is -0.444 e. The standard InChI is InChI=1S/C16H30N2O3/c1-16(2,3)21-15(19)18(4)5-6-20-10-13-9-14(17)12-7-11(13)8-12/h11-14H,5-10,17H2,1-4H3. The van der Waals surface area contributed by atoms with Gasteiger partial charge in [0.25, 0.3) is 0 Å². The van der Waals surface area contributed by atoms with Gasteiger partial charge < -0.3 is 20.1 Å². The summed E-state index contributed by atoms with van der Waals surface area (Å²) in [6.07, 6.45) is 3.37. The molecule has 1 amide bonds. The Labute approximate surface area is 128 Å². The van der Waals surface area contributed by atoms with E-state index >= 15 is 0 Å². The van der Waals surface area contributed by atoms with Gasteiger partial charge in [0, 0.05) is 26.2 Å². The van der Waals surface area contributed by atoms with E-state index in [0.717, 1.165) is 24.9 Å². The predicted octanol–water partition coefficient (Wildman–Crippen LogP) is 2.24. The molecule has 2 N–H and O–H groups in total. The maximum Gasteiger partial charge on any atom is 0.410 e. The lowest BCUT2D eigenvalue weighted by Crippen LogP contribution is -2.50. The number of nitrogens with zero attached hydrogens (tertiary/aromatic N) is 1. The van der Waals surface area contributed by atoms with Crippen LogP contribution < -0.4 is 5.73 Å². The Morgan fingerprint density at radius 2 is 1.90 bits per heavy atom. The van der Waals surface area contributed by atoms with Crippen LogP contribution in [0.1, 0.15) is 40.0 Å². The van der Waals surface area contributed by atoms with Crippen LogP contribution >= 0.6 is 0 Å². The molecular weight excluding hydrogens is 268 g/mol. The molecule has 0 radical (unpaired) electrons. The summed E-state index contributed by atoms with van der Waals surface area (Å²) in [5.74, 6) is 2.19. The molecule has 0 aliphatic heterocycles. The van der Waals surface area contributed by atoms with Gasteiger partial charge in [0.2, 0.25) is 0 Å². The molecule has 0 aromatic carbocycles. The topological polar surface area (TPSA) is 64.8 Å². The van der Waals surface area contributed by atoms with E-state index < -0.39 is 5.60 Å². The van der Waals surface area contributed by atoms with Crippen LogP contribution in [0, 0.1) is 17.8 Å². The maximum atomic E-state index is 11.8. The van der Waals surface area contributed by atoms with Crippen LogP contribution in [0.25, 0.3) is 0 Å². The van der Waals surface area contributed by atoms with E-state index in [1.807, 2.05) is 20.8 Å². The summed E-state index contributed by atoms with van der Waals surface area (Å²) in [6, 6.07) is 0.369. The molecule has 3 rings (SSSR count). The zero-order valence-electron chi connectivity index (χ0n) is 13.8. The van der Waals surface area contributed by atoms with Gasteiger partial charge in [-0.05, 0) is 57.8 Å². The largest absolute Gasteiger partial charge is 0.444 e. The second-order valence-corrected chi connectivity index (χ2v) is 7.63. The van der Waals surface area contributed by atoms with Crippen molar-refractivity contribution in [2.24, 2.45) is 23.5 Å². The summed E-state index contributed by atoms with van der Waals surface area (Å²) in [6.45, 7) is 7.49. The van der Waals surface area contributed by atoms with Gasteiger partial charge in [0.05, 0.1) is 6.61 Å². The summed E-state index contributed by atoms with van der Waals surface area (Å²) >= 11 is 0. The van der Waals surface area contributed by atoms with Crippen LogP contribution in [-0.4, -0.2) is 49.4 Å². The lowest BCUT2D eigenvalue weighted by atomic mass is 9.58. The number of hydrogen-bond acceptors (Lipinski definition) is 4. The fourth-order valence-corrected chi connectivity index (χ4v) is 3.25. The Bertz CT molecular complexity index is 361. The van der Waals surface area contributed by atoms with Crippen molar-refractivity contribution in [3.05, 3.63) is 0 Å². The number of nitrogens with two attached hydrogens (primary N) is 1. The van der Waals surface area contributed by atoms with E-state index in [9.17, 15) is 4.79 Å². The first-order valence-electron chi connectivity index (χ1n) is 8.03. The Morgan fingerprint density at radius 3 is 2.48 bits per heavy atom. The number of carbonyl (C=O) groups is 1. The monoisotopic (exact) mass is 298 g/mol. The molecule has 2 atom stereocenters. The molecule has 3 saturated carbocycles. The lowest BCUT2D eigenvalue weighted by molar-refractivity contribution is -0.0265. The summed E-state index contributed by atoms with van der Waals surface area (Å²) in [5.41, 5.74) is 5.68. The van der Waals surface area contributed by atoms with Crippen LogP contribution in [0.4, 0.5) is 4.79 Å². The Morgan fingerprint density at radius 1 is 1.24 bits per heavy atom. The average Bonchev–Trinajstić information content (AvgIpc) is 2.30. The number of amides is 1. The molecule has 2 bridgehead atoms. The van der Waals surface area contributed by atoms with Gasteiger partial charge in [-0.3, -0.25) is 0 Å². The van der Waals surface area contributed by atoms with E-state index in [4.69, 9.17) is 15.2 Å². The highest BCUT2D eigenvalue weighted by atomic mass is 16.6. The number of hydrogen-bond donors (Lipinski definition) is 1. The SMILES string of the molecule is CN(CCOCC1CC(N)C2CC1C2)C(=O)OC(C)(C)C. The number of ether oxygens (including phenoxy) is 2. The highest BCUT2D eigenvalue weighted by Crippen LogP contribution is 2.48. The van der Waals surface area contributed by atoms with E-state index in [1.54, 1.807) is 11.9 Å². The fourth-order valence-electron chi connectivity index (χ4n) is 3.25. The van der Waals surface area contributed by atoms with Gasteiger partial charge >= 0.3 is 6.09 Å². The van der Waals surface area contributed by atoms with Crippen LogP contribution in [0.5, 0.6) is 0 Å². The van der Waals surface area contributed by atoms with Gasteiger partial charge in [0.1, 0.15) is 5.60 Å². The number of carbonyl (C=O) groups excluding carboxylic acids is 1. The molecule has 21 heavy (non-hydrogen) atoms. The van der Waals surface area contributed by atoms with Crippen molar-refractivity contribution in [1.29, 1.82) is 0 Å². The van der Waals surface area contributed by atoms with E-state index in [2.05, 4.69) is 0 Å². The number of fused-ring (bicyclic) bond motifs is 2. The van der Waals surface area contributed by atoms with Crippen molar-refractivity contribution in [2.45, 2.75) is 51.7 Å². The summed E-state index contributed by atoms with van der Waals surface area (Å²) in [5, 5.41) is 0. The molecule has 3 aliphatic rings. The molecular formula is C16H30N2O3. The maximum absolute atomic E-state index is 11.8. The quantitative estimate of drug-likeness (QED) is 0.791. The van der Waals surface area contributed by atoms with Crippen molar-refractivity contribution in [3.8, 4) is 0 Å². The van der Waals surface area contributed by atoms with Crippen molar-refractivity contribution < 1.29 is 14.3 Å². The molecule has 3 aliphatic carbocycles. The third-order valence-electron chi connectivity index (χ3n) is 4.67. The summed E-state index contributed by atoms with van der Waals surface area (Å²) in [4.78, 5) is 13.4. The van der Waals surface area contributed by atoms with Crippen LogP contribution in [0.2, 0.25) is 0 Å². The van der Waals surface area contributed by atoms with Crippen LogP contribution in [0.3, 0.4) is 0 Å². The first-order valence-corrected chi connectivity index (χ1v) is 8.03. The zero-order chi connectivity index (χ0) is 15.6. The lowest BCUT2D eigenvalue weighted by Gasteiger charge is -2.50. The van der Waals surface area contributed by atoms with Crippen molar-refractivity contribution in [3.63, 3.8) is 0 Å². The summed E-state index contributed by atoms with van der Waals surface area (Å²) < 4.78 is 11.1. The average molecular weight is 298 g/mol. The third kappa shape index (κ3) is 4.58. The van der Waals surface area contributed by atoms with Gasteiger partial charge in [-0.1, -0.05) is 0 Å². The third-order valence-corrected chi connectivity index (χ3v) is 4.67. The first-order chi connectivity index (χ1) is 9.76. The van der Waals surface area contributed by atoms with Gasteiger partial charge in [-0.15, -0.1) is 0 Å². The smallest absolute Gasteiger partial charge is 0.410 e. The zero-order valence-corrected chi connectivity index (χ0v) is 13.8. The molecule has 122 valence electrons. The number of rotatable bonds is 5. The highest BCUT2D eigenvalue weighted by molar-refractivity contribution is 5.67. The molecule has 0 heterocycles. The van der Waals surface area contributed by atoms with E-state index in [1.165, 1.54) is 12.8 Å². The highest BCUT2D eigenvalue weighted by Gasteiger charge is 2.44. The number of likely N-dealkylation sites (N-methyl/N-ethyl adjacent to an activating group) is 1. The van der Waals surface area contributed by atoms with E-state index in [0.29, 0.717) is 25.1 Å². The second kappa shape index (κ2) is 6.53. The van der Waals surface area contributed by atoms with Gasteiger partial charge in [0.15, 0.2) is 0 Å². The molecule has 0 saturated heterocycles. The first kappa shape index (κ1) is 16.6. The molecule has 2 unspecified atom stereocenters. The molecule has 0 aromatic heterocycles. The fraction of sp³-hybridized carbons (Fsp3) is 0.938. The van der Waals surface area contributed by atoms with Crippen molar-refractivity contribution in [2.75, 3.05) is 26.8 Å². The van der Waals surface area contributed by atoms with Crippen molar-refractivity contribution >= 4 is 6.09 Å². The van der Waals surface area contributed by atoms with Crippen LogP contribution in [0.15, 0.2) is 0 Å². The van der Waals surface area contributed by atoms with Gasteiger partial charge in [-0.25, -0.2) is 4.79 Å². The predicted molar refractivity (Wildman–Crippen MR) is 82.0 cm³/mol. The van der Waals surface area contributed by atoms with Crippen molar-refractivity contribution in [1.82, 2.24) is 4.90 Å². The molecule has 5 nitrogen and oxygen atoms in total. The second-order valence-electron chi connectivity index (χ2n) is 7.63. The minimum absolute atomic E-state index is 0.298. The Balaban J connectivity index is 1.60. The van der Waals surface area contributed by atoms with Gasteiger partial charge in [-0.2, -0.15) is 0 Å². The molecule has 0 spiro atoms. The Kier molecular flexibility index (Phi) is 5.15. The molecule has 3 fully saturated rings. The molecule has 0 aromatic rings.